The van der Waals surface area contributed by atoms with E-state index in [2.05, 4.69) is 14.9 Å². The lowest BCUT2D eigenvalue weighted by molar-refractivity contribution is 0.122. The molecule has 0 spiro atoms. The van der Waals surface area contributed by atoms with E-state index in [1.165, 1.54) is 0 Å². The first-order chi connectivity index (χ1) is 11.3. The maximum absolute atomic E-state index is 5.98. The van der Waals surface area contributed by atoms with Crippen molar-refractivity contribution in [3.05, 3.63) is 42.7 Å². The Morgan fingerprint density at radius 3 is 2.61 bits per heavy atom. The minimum Gasteiger partial charge on any atom is -0.383 e. The highest BCUT2D eigenvalue weighted by Gasteiger charge is 2.15. The first-order valence-electron chi connectivity index (χ1n) is 7.62. The Bertz CT molecular complexity index is 845. The summed E-state index contributed by atoms with van der Waals surface area (Å²) in [4.78, 5) is 15.6. The van der Waals surface area contributed by atoms with E-state index in [1.807, 2.05) is 30.3 Å². The van der Waals surface area contributed by atoms with Crippen molar-refractivity contribution in [1.29, 1.82) is 0 Å². The van der Waals surface area contributed by atoms with Crippen molar-refractivity contribution >= 4 is 22.5 Å². The number of pyridine rings is 1. The smallest absolute Gasteiger partial charge is 0.226 e. The standard InChI is InChI=1S/C17H17N5O/c18-16-13-4-2-1-3-12(13)14(11-20-16)15-5-6-19-17(21-15)22-7-9-23-10-8-22/h1-6,11H,7-10H2,(H2,18,20). The molecule has 0 saturated carbocycles. The van der Waals surface area contributed by atoms with E-state index in [9.17, 15) is 0 Å². The van der Waals surface area contributed by atoms with Crippen molar-refractivity contribution < 1.29 is 4.74 Å². The average molecular weight is 307 g/mol. The number of nitrogen functional groups attached to an aromatic ring is 1. The molecule has 6 nitrogen and oxygen atoms in total. The number of fused-ring (bicyclic) bond motifs is 1. The Kier molecular flexibility index (Phi) is 3.51. The molecular weight excluding hydrogens is 290 g/mol. The van der Waals surface area contributed by atoms with Gasteiger partial charge in [-0.15, -0.1) is 0 Å². The second-order valence-corrected chi connectivity index (χ2v) is 5.44. The SMILES string of the molecule is Nc1ncc(-c2ccnc(N3CCOCC3)n2)c2ccccc12. The van der Waals surface area contributed by atoms with Crippen molar-refractivity contribution in [2.45, 2.75) is 0 Å². The first-order valence-corrected chi connectivity index (χ1v) is 7.62. The van der Waals surface area contributed by atoms with E-state index in [1.54, 1.807) is 12.4 Å². The van der Waals surface area contributed by atoms with Gasteiger partial charge in [0, 0.05) is 36.4 Å². The fourth-order valence-electron chi connectivity index (χ4n) is 2.83. The topological polar surface area (TPSA) is 77.2 Å². The van der Waals surface area contributed by atoms with E-state index in [0.29, 0.717) is 19.0 Å². The maximum Gasteiger partial charge on any atom is 0.226 e. The van der Waals surface area contributed by atoms with Crippen LogP contribution in [-0.2, 0) is 4.74 Å². The molecule has 0 radical (unpaired) electrons. The number of aromatic nitrogens is 3. The third-order valence-corrected chi connectivity index (χ3v) is 4.04. The third-order valence-electron chi connectivity index (χ3n) is 4.04. The number of benzene rings is 1. The molecule has 1 aliphatic heterocycles. The summed E-state index contributed by atoms with van der Waals surface area (Å²) < 4.78 is 5.39. The number of nitrogens with two attached hydrogens (primary N) is 1. The van der Waals surface area contributed by atoms with E-state index in [4.69, 9.17) is 15.5 Å². The molecule has 6 heteroatoms. The number of hydrogen-bond donors (Lipinski definition) is 1. The molecule has 2 N–H and O–H groups in total. The lowest BCUT2D eigenvalue weighted by atomic mass is 10.0. The Morgan fingerprint density at radius 2 is 1.78 bits per heavy atom. The fourth-order valence-corrected chi connectivity index (χ4v) is 2.83. The summed E-state index contributed by atoms with van der Waals surface area (Å²) in [6, 6.07) is 9.88. The molecule has 0 bridgehead atoms. The predicted molar refractivity (Wildman–Crippen MR) is 90.2 cm³/mol. The van der Waals surface area contributed by atoms with Gasteiger partial charge in [0.1, 0.15) is 5.82 Å². The van der Waals surface area contributed by atoms with Crippen LogP contribution >= 0.6 is 0 Å². The van der Waals surface area contributed by atoms with Crippen LogP contribution < -0.4 is 10.6 Å². The van der Waals surface area contributed by atoms with E-state index in [0.717, 1.165) is 41.1 Å². The van der Waals surface area contributed by atoms with Crippen LogP contribution in [0.2, 0.25) is 0 Å². The normalized spacial score (nSPS) is 15.0. The van der Waals surface area contributed by atoms with Crippen LogP contribution in [0.3, 0.4) is 0 Å². The van der Waals surface area contributed by atoms with Crippen LogP contribution in [-0.4, -0.2) is 41.3 Å². The Balaban J connectivity index is 1.80. The van der Waals surface area contributed by atoms with Crippen molar-refractivity contribution in [2.75, 3.05) is 36.9 Å². The summed E-state index contributed by atoms with van der Waals surface area (Å²) in [6.07, 6.45) is 3.57. The number of hydrogen-bond acceptors (Lipinski definition) is 6. The lowest BCUT2D eigenvalue weighted by Crippen LogP contribution is -2.37. The van der Waals surface area contributed by atoms with E-state index in [-0.39, 0.29) is 0 Å². The molecule has 0 aliphatic carbocycles. The predicted octanol–water partition coefficient (Wildman–Crippen LogP) is 2.11. The molecule has 1 aromatic carbocycles. The summed E-state index contributed by atoms with van der Waals surface area (Å²) in [5.74, 6) is 1.26. The zero-order valence-corrected chi connectivity index (χ0v) is 12.6. The van der Waals surface area contributed by atoms with Gasteiger partial charge in [0.2, 0.25) is 5.95 Å². The van der Waals surface area contributed by atoms with E-state index < -0.39 is 0 Å². The van der Waals surface area contributed by atoms with Crippen LogP contribution in [0.25, 0.3) is 22.0 Å². The van der Waals surface area contributed by atoms with Crippen molar-refractivity contribution in [3.63, 3.8) is 0 Å². The largest absolute Gasteiger partial charge is 0.383 e. The molecule has 1 fully saturated rings. The zero-order valence-electron chi connectivity index (χ0n) is 12.6. The number of nitrogens with zero attached hydrogens (tertiary/aromatic N) is 4. The van der Waals surface area contributed by atoms with Gasteiger partial charge >= 0.3 is 0 Å². The van der Waals surface area contributed by atoms with Gasteiger partial charge in [-0.3, -0.25) is 0 Å². The van der Waals surface area contributed by atoms with E-state index >= 15 is 0 Å². The molecule has 2 aromatic heterocycles. The highest BCUT2D eigenvalue weighted by Crippen LogP contribution is 2.29. The van der Waals surface area contributed by atoms with Crippen LogP contribution in [0.1, 0.15) is 0 Å². The van der Waals surface area contributed by atoms with Gasteiger partial charge in [0.25, 0.3) is 0 Å². The van der Waals surface area contributed by atoms with Crippen molar-refractivity contribution in [1.82, 2.24) is 15.0 Å². The van der Waals surface area contributed by atoms with Crippen LogP contribution in [0.15, 0.2) is 42.7 Å². The van der Waals surface area contributed by atoms with Gasteiger partial charge in [-0.25, -0.2) is 15.0 Å². The third kappa shape index (κ3) is 2.57. The van der Waals surface area contributed by atoms with Crippen LogP contribution in [0.5, 0.6) is 0 Å². The second kappa shape index (κ2) is 5.81. The average Bonchev–Trinajstić information content (AvgIpc) is 2.63. The summed E-state index contributed by atoms with van der Waals surface area (Å²) in [5, 5.41) is 1.99. The fraction of sp³-hybridized carbons (Fsp3) is 0.235. The highest BCUT2D eigenvalue weighted by atomic mass is 16.5. The van der Waals surface area contributed by atoms with Gasteiger partial charge in [-0.2, -0.15) is 0 Å². The zero-order chi connectivity index (χ0) is 15.6. The summed E-state index contributed by atoms with van der Waals surface area (Å²) in [6.45, 7) is 3.04. The Labute approximate surface area is 133 Å². The quantitative estimate of drug-likeness (QED) is 0.781. The molecular formula is C17H17N5O. The number of anilines is 2. The van der Waals surface area contributed by atoms with Gasteiger partial charge in [0.05, 0.1) is 18.9 Å². The molecule has 3 aromatic rings. The monoisotopic (exact) mass is 307 g/mol. The minimum atomic E-state index is 0.534. The number of ether oxygens (including phenoxy) is 1. The summed E-state index contributed by atoms with van der Waals surface area (Å²) >= 11 is 0. The van der Waals surface area contributed by atoms with Crippen molar-refractivity contribution in [2.24, 2.45) is 0 Å². The van der Waals surface area contributed by atoms with Crippen LogP contribution in [0.4, 0.5) is 11.8 Å². The molecule has 116 valence electrons. The second-order valence-electron chi connectivity index (χ2n) is 5.44. The van der Waals surface area contributed by atoms with Gasteiger partial charge in [-0.1, -0.05) is 24.3 Å². The first kappa shape index (κ1) is 13.9. The highest BCUT2D eigenvalue weighted by molar-refractivity contribution is 6.00. The summed E-state index contributed by atoms with van der Waals surface area (Å²) in [7, 11) is 0. The van der Waals surface area contributed by atoms with Gasteiger partial charge in [0.15, 0.2) is 0 Å². The molecule has 4 rings (SSSR count). The molecule has 3 heterocycles. The van der Waals surface area contributed by atoms with Gasteiger partial charge < -0.3 is 15.4 Å². The van der Waals surface area contributed by atoms with Crippen molar-refractivity contribution in [3.8, 4) is 11.3 Å². The Hall–Kier alpha value is -2.73. The molecule has 23 heavy (non-hydrogen) atoms. The van der Waals surface area contributed by atoms with Crippen LogP contribution in [0, 0.1) is 0 Å². The molecule has 0 atom stereocenters. The summed E-state index contributed by atoms with van der Waals surface area (Å²) in [5.41, 5.74) is 7.80. The number of rotatable bonds is 2. The lowest BCUT2D eigenvalue weighted by Gasteiger charge is -2.26. The molecule has 1 saturated heterocycles. The minimum absolute atomic E-state index is 0.534. The maximum atomic E-state index is 5.98. The van der Waals surface area contributed by atoms with Gasteiger partial charge in [-0.05, 0) is 11.5 Å². The molecule has 1 aliphatic rings. The molecule has 0 amide bonds. The number of morpholine rings is 1. The Morgan fingerprint density at radius 1 is 1.00 bits per heavy atom. The molecule has 0 unspecified atom stereocenters.